The minimum absolute atomic E-state index is 0.115. The molecule has 0 aromatic heterocycles. The quantitative estimate of drug-likeness (QED) is 0.897. The number of hydrogen-bond donors (Lipinski definition) is 2. The molecule has 1 aromatic carbocycles. The number of halogens is 1. The highest BCUT2D eigenvalue weighted by atomic mass is 19.1. The van der Waals surface area contributed by atoms with Crippen molar-refractivity contribution in [2.45, 2.75) is 31.7 Å². The molecule has 1 aliphatic heterocycles. The van der Waals surface area contributed by atoms with E-state index in [9.17, 15) is 14.0 Å². The smallest absolute Gasteiger partial charge is 0.317 e. The van der Waals surface area contributed by atoms with E-state index in [1.807, 2.05) is 6.07 Å². The van der Waals surface area contributed by atoms with Gasteiger partial charge in [0.2, 0.25) is 0 Å². The van der Waals surface area contributed by atoms with E-state index in [0.717, 1.165) is 18.4 Å². The van der Waals surface area contributed by atoms with Crippen LogP contribution in [0.4, 0.5) is 9.18 Å². The third-order valence-electron chi connectivity index (χ3n) is 4.38. The number of aliphatic carboxylic acids is 1. The zero-order chi connectivity index (χ0) is 15.7. The fourth-order valence-corrected chi connectivity index (χ4v) is 2.81. The molecular formula is C16H19FN2O3. The second-order valence-electron chi connectivity index (χ2n) is 6.05. The molecule has 1 aromatic rings. The van der Waals surface area contributed by atoms with Crippen molar-refractivity contribution in [1.82, 2.24) is 10.2 Å². The highest BCUT2D eigenvalue weighted by molar-refractivity contribution is 5.77. The van der Waals surface area contributed by atoms with Crippen molar-refractivity contribution < 1.29 is 19.1 Å². The minimum atomic E-state index is -0.878. The molecule has 2 aliphatic rings. The van der Waals surface area contributed by atoms with E-state index < -0.39 is 11.9 Å². The lowest BCUT2D eigenvalue weighted by atomic mass is 10.1. The van der Waals surface area contributed by atoms with Crippen LogP contribution >= 0.6 is 0 Å². The fourth-order valence-electron chi connectivity index (χ4n) is 2.81. The van der Waals surface area contributed by atoms with Crippen LogP contribution in [0.25, 0.3) is 0 Å². The number of rotatable bonds is 4. The van der Waals surface area contributed by atoms with Gasteiger partial charge in [0, 0.05) is 25.2 Å². The average molecular weight is 306 g/mol. The predicted molar refractivity (Wildman–Crippen MR) is 77.9 cm³/mol. The molecule has 6 heteroatoms. The van der Waals surface area contributed by atoms with Gasteiger partial charge in [-0.05, 0) is 36.8 Å². The zero-order valence-electron chi connectivity index (χ0n) is 12.2. The number of carbonyl (C=O) groups excluding carboxylic acids is 1. The number of urea groups is 1. The number of carbonyl (C=O) groups is 2. The third-order valence-corrected chi connectivity index (χ3v) is 4.38. The molecule has 2 amide bonds. The van der Waals surface area contributed by atoms with Crippen LogP contribution in [0.3, 0.4) is 0 Å². The van der Waals surface area contributed by atoms with Crippen LogP contribution in [-0.4, -0.2) is 35.1 Å². The topological polar surface area (TPSA) is 69.6 Å². The summed E-state index contributed by atoms with van der Waals surface area (Å²) in [4.78, 5) is 24.3. The molecule has 2 fully saturated rings. The average Bonchev–Trinajstić information content (AvgIpc) is 3.21. The molecule has 1 saturated carbocycles. The standard InChI is InChI=1S/C16H19FN2O3/c17-14-7-11(10-1-2-10)3-4-12(14)8-18-16(22)19-6-5-13(9-19)15(20)21/h3-4,7,10,13H,1-2,5-6,8-9H2,(H,18,22)(H,20,21). The summed E-state index contributed by atoms with van der Waals surface area (Å²) in [7, 11) is 0. The first-order valence-corrected chi connectivity index (χ1v) is 7.58. The van der Waals surface area contributed by atoms with Gasteiger partial charge in [0.1, 0.15) is 5.82 Å². The Morgan fingerprint density at radius 2 is 2.09 bits per heavy atom. The second-order valence-corrected chi connectivity index (χ2v) is 6.05. The highest BCUT2D eigenvalue weighted by Gasteiger charge is 2.30. The van der Waals surface area contributed by atoms with Crippen molar-refractivity contribution in [3.8, 4) is 0 Å². The third kappa shape index (κ3) is 3.21. The summed E-state index contributed by atoms with van der Waals surface area (Å²) >= 11 is 0. The summed E-state index contributed by atoms with van der Waals surface area (Å²) in [6.45, 7) is 0.750. The summed E-state index contributed by atoms with van der Waals surface area (Å²) < 4.78 is 14.0. The molecule has 2 N–H and O–H groups in total. The van der Waals surface area contributed by atoms with Crippen molar-refractivity contribution in [2.75, 3.05) is 13.1 Å². The lowest BCUT2D eigenvalue weighted by Gasteiger charge is -2.17. The zero-order valence-corrected chi connectivity index (χ0v) is 12.2. The maximum atomic E-state index is 14.0. The van der Waals surface area contributed by atoms with E-state index in [2.05, 4.69) is 5.32 Å². The number of carboxylic acid groups (broad SMARTS) is 1. The van der Waals surface area contributed by atoms with Gasteiger partial charge in [-0.1, -0.05) is 12.1 Å². The first kappa shape index (κ1) is 14.8. The summed E-state index contributed by atoms with van der Waals surface area (Å²) in [5.41, 5.74) is 1.48. The van der Waals surface area contributed by atoms with Crippen LogP contribution in [0.5, 0.6) is 0 Å². The normalized spacial score (nSPS) is 21.0. The Morgan fingerprint density at radius 1 is 1.32 bits per heavy atom. The van der Waals surface area contributed by atoms with Gasteiger partial charge < -0.3 is 15.3 Å². The van der Waals surface area contributed by atoms with Crippen LogP contribution in [0.2, 0.25) is 0 Å². The van der Waals surface area contributed by atoms with Gasteiger partial charge in [0.05, 0.1) is 5.92 Å². The number of nitrogens with zero attached hydrogens (tertiary/aromatic N) is 1. The van der Waals surface area contributed by atoms with Gasteiger partial charge in [0.15, 0.2) is 0 Å². The van der Waals surface area contributed by atoms with Crippen LogP contribution in [0, 0.1) is 11.7 Å². The van der Waals surface area contributed by atoms with E-state index in [4.69, 9.17) is 5.11 Å². The van der Waals surface area contributed by atoms with Gasteiger partial charge in [-0.15, -0.1) is 0 Å². The predicted octanol–water partition coefficient (Wildman–Crippen LogP) is 2.32. The Balaban J connectivity index is 1.54. The first-order valence-electron chi connectivity index (χ1n) is 7.58. The van der Waals surface area contributed by atoms with Gasteiger partial charge >= 0.3 is 12.0 Å². The Kier molecular flexibility index (Phi) is 4.00. The van der Waals surface area contributed by atoms with E-state index in [0.29, 0.717) is 24.4 Å². The van der Waals surface area contributed by atoms with Gasteiger partial charge in [-0.3, -0.25) is 4.79 Å². The number of hydrogen-bond acceptors (Lipinski definition) is 2. The van der Waals surface area contributed by atoms with Crippen molar-refractivity contribution in [1.29, 1.82) is 0 Å². The fraction of sp³-hybridized carbons (Fsp3) is 0.500. The molecule has 0 radical (unpaired) electrons. The molecule has 5 nitrogen and oxygen atoms in total. The largest absolute Gasteiger partial charge is 0.481 e. The summed E-state index contributed by atoms with van der Waals surface area (Å²) in [6.07, 6.45) is 2.71. The summed E-state index contributed by atoms with van der Waals surface area (Å²) in [5, 5.41) is 11.6. The van der Waals surface area contributed by atoms with Crippen LogP contribution < -0.4 is 5.32 Å². The Bertz CT molecular complexity index is 601. The molecule has 1 aliphatic carbocycles. The van der Waals surface area contributed by atoms with Gasteiger partial charge in [-0.25, -0.2) is 9.18 Å². The monoisotopic (exact) mass is 306 g/mol. The lowest BCUT2D eigenvalue weighted by Crippen LogP contribution is -2.38. The van der Waals surface area contributed by atoms with Gasteiger partial charge in [-0.2, -0.15) is 0 Å². The number of likely N-dealkylation sites (tertiary alicyclic amines) is 1. The lowest BCUT2D eigenvalue weighted by molar-refractivity contribution is -0.141. The minimum Gasteiger partial charge on any atom is -0.481 e. The maximum Gasteiger partial charge on any atom is 0.317 e. The van der Waals surface area contributed by atoms with Crippen molar-refractivity contribution in [3.05, 3.63) is 35.1 Å². The number of carboxylic acids is 1. The maximum absolute atomic E-state index is 14.0. The molecular weight excluding hydrogens is 287 g/mol. The van der Waals surface area contributed by atoms with E-state index >= 15 is 0 Å². The highest BCUT2D eigenvalue weighted by Crippen LogP contribution is 2.40. The van der Waals surface area contributed by atoms with Crippen LogP contribution in [0.15, 0.2) is 18.2 Å². The molecule has 1 atom stereocenters. The van der Waals surface area contributed by atoms with E-state index in [-0.39, 0.29) is 24.9 Å². The van der Waals surface area contributed by atoms with Gasteiger partial charge in [0.25, 0.3) is 0 Å². The van der Waals surface area contributed by atoms with Crippen molar-refractivity contribution in [3.63, 3.8) is 0 Å². The van der Waals surface area contributed by atoms with Crippen molar-refractivity contribution >= 4 is 12.0 Å². The molecule has 3 rings (SSSR count). The number of amides is 2. The summed E-state index contributed by atoms with van der Waals surface area (Å²) in [5.74, 6) is -1.18. The Morgan fingerprint density at radius 3 is 2.68 bits per heavy atom. The molecule has 0 bridgehead atoms. The Hall–Kier alpha value is -2.11. The molecule has 22 heavy (non-hydrogen) atoms. The molecule has 118 valence electrons. The number of benzene rings is 1. The van der Waals surface area contributed by atoms with E-state index in [1.165, 1.54) is 4.90 Å². The first-order chi connectivity index (χ1) is 10.5. The molecule has 0 spiro atoms. The molecule has 1 unspecified atom stereocenters. The van der Waals surface area contributed by atoms with Crippen molar-refractivity contribution in [2.24, 2.45) is 5.92 Å². The van der Waals surface area contributed by atoms with E-state index in [1.54, 1.807) is 12.1 Å². The SMILES string of the molecule is O=C(O)C1CCN(C(=O)NCc2ccc(C3CC3)cc2F)C1. The molecule has 1 saturated heterocycles. The molecule has 1 heterocycles. The Labute approximate surface area is 128 Å². The van der Waals surface area contributed by atoms with Crippen LogP contribution in [-0.2, 0) is 11.3 Å². The number of nitrogens with one attached hydrogen (secondary N) is 1. The van der Waals surface area contributed by atoms with Crippen LogP contribution in [0.1, 0.15) is 36.3 Å². The second kappa shape index (κ2) is 5.94. The summed E-state index contributed by atoms with van der Waals surface area (Å²) in [6, 6.07) is 4.84.